The SMILES string of the molecule is CC(O)C(F)Cc1ccccc1Br. The first-order chi connectivity index (χ1) is 6.11. The van der Waals surface area contributed by atoms with E-state index in [1.165, 1.54) is 6.92 Å². The van der Waals surface area contributed by atoms with Crippen LogP contribution in [0.1, 0.15) is 12.5 Å². The van der Waals surface area contributed by atoms with Gasteiger partial charge in [-0.15, -0.1) is 0 Å². The number of alkyl halides is 1. The van der Waals surface area contributed by atoms with Crippen LogP contribution in [0.3, 0.4) is 0 Å². The average molecular weight is 247 g/mol. The molecule has 0 spiro atoms. The van der Waals surface area contributed by atoms with Crippen molar-refractivity contribution in [3.05, 3.63) is 34.3 Å². The van der Waals surface area contributed by atoms with Gasteiger partial charge in [0.15, 0.2) is 0 Å². The molecule has 1 rings (SSSR count). The van der Waals surface area contributed by atoms with Crippen molar-refractivity contribution in [1.29, 1.82) is 0 Å². The highest BCUT2D eigenvalue weighted by Crippen LogP contribution is 2.19. The second kappa shape index (κ2) is 4.72. The van der Waals surface area contributed by atoms with Gasteiger partial charge in [0.2, 0.25) is 0 Å². The zero-order valence-corrected chi connectivity index (χ0v) is 8.96. The molecule has 0 fully saturated rings. The maximum absolute atomic E-state index is 13.1. The molecule has 0 amide bonds. The van der Waals surface area contributed by atoms with E-state index in [0.29, 0.717) is 0 Å². The molecule has 72 valence electrons. The molecule has 1 nitrogen and oxygen atoms in total. The van der Waals surface area contributed by atoms with Crippen molar-refractivity contribution < 1.29 is 9.50 Å². The lowest BCUT2D eigenvalue weighted by Crippen LogP contribution is -2.20. The number of aliphatic hydroxyl groups excluding tert-OH is 1. The van der Waals surface area contributed by atoms with Crippen LogP contribution in [0.15, 0.2) is 28.7 Å². The van der Waals surface area contributed by atoms with Crippen LogP contribution in [0.2, 0.25) is 0 Å². The number of benzene rings is 1. The smallest absolute Gasteiger partial charge is 0.130 e. The molecule has 0 aliphatic heterocycles. The molecule has 3 heteroatoms. The van der Waals surface area contributed by atoms with Crippen LogP contribution >= 0.6 is 15.9 Å². The van der Waals surface area contributed by atoms with Crippen LogP contribution < -0.4 is 0 Å². The number of halogens is 2. The van der Waals surface area contributed by atoms with E-state index in [1.54, 1.807) is 0 Å². The predicted molar refractivity (Wildman–Crippen MR) is 54.4 cm³/mol. The van der Waals surface area contributed by atoms with Crippen molar-refractivity contribution in [2.75, 3.05) is 0 Å². The summed E-state index contributed by atoms with van der Waals surface area (Å²) in [5.74, 6) is 0. The maximum atomic E-state index is 13.1. The normalized spacial score (nSPS) is 15.4. The standard InChI is InChI=1S/C10H12BrFO/c1-7(13)10(12)6-8-4-2-3-5-9(8)11/h2-5,7,10,13H,6H2,1H3. The zero-order valence-electron chi connectivity index (χ0n) is 7.37. The molecule has 2 unspecified atom stereocenters. The Hall–Kier alpha value is -0.410. The van der Waals surface area contributed by atoms with Crippen LogP contribution in [0.4, 0.5) is 4.39 Å². The molecule has 0 bridgehead atoms. The van der Waals surface area contributed by atoms with Gasteiger partial charge >= 0.3 is 0 Å². The Labute approximate surface area is 85.7 Å². The van der Waals surface area contributed by atoms with E-state index in [2.05, 4.69) is 15.9 Å². The van der Waals surface area contributed by atoms with Gasteiger partial charge in [0.1, 0.15) is 6.17 Å². The van der Waals surface area contributed by atoms with Crippen molar-refractivity contribution in [2.24, 2.45) is 0 Å². The van der Waals surface area contributed by atoms with E-state index in [0.717, 1.165) is 10.0 Å². The third-order valence-corrected chi connectivity index (χ3v) is 2.67. The van der Waals surface area contributed by atoms with Gasteiger partial charge in [0, 0.05) is 10.9 Å². The fourth-order valence-electron chi connectivity index (χ4n) is 1.04. The highest BCUT2D eigenvalue weighted by molar-refractivity contribution is 9.10. The predicted octanol–water partition coefficient (Wildman–Crippen LogP) is 2.71. The highest BCUT2D eigenvalue weighted by atomic mass is 79.9. The lowest BCUT2D eigenvalue weighted by Gasteiger charge is -2.11. The number of aliphatic hydroxyl groups is 1. The summed E-state index contributed by atoms with van der Waals surface area (Å²) in [6.45, 7) is 1.46. The monoisotopic (exact) mass is 246 g/mol. The second-order valence-electron chi connectivity index (χ2n) is 3.05. The van der Waals surface area contributed by atoms with Crippen molar-refractivity contribution in [2.45, 2.75) is 25.6 Å². The Bertz CT molecular complexity index is 275. The molecule has 0 aliphatic rings. The van der Waals surface area contributed by atoms with E-state index >= 15 is 0 Å². The molecule has 13 heavy (non-hydrogen) atoms. The van der Waals surface area contributed by atoms with Gasteiger partial charge in [0.25, 0.3) is 0 Å². The molecule has 0 heterocycles. The summed E-state index contributed by atoms with van der Waals surface area (Å²) in [6, 6.07) is 7.45. The summed E-state index contributed by atoms with van der Waals surface area (Å²) in [6.07, 6.45) is -1.86. The third-order valence-electron chi connectivity index (χ3n) is 1.90. The molecular weight excluding hydrogens is 235 g/mol. The van der Waals surface area contributed by atoms with E-state index < -0.39 is 12.3 Å². The Morgan fingerprint density at radius 1 is 1.46 bits per heavy atom. The molecule has 0 radical (unpaired) electrons. The summed E-state index contributed by atoms with van der Waals surface area (Å²) < 4.78 is 14.0. The maximum Gasteiger partial charge on any atom is 0.130 e. The molecule has 0 saturated carbocycles. The largest absolute Gasteiger partial charge is 0.390 e. The Morgan fingerprint density at radius 2 is 2.08 bits per heavy atom. The van der Waals surface area contributed by atoms with Crippen LogP contribution in [0, 0.1) is 0 Å². The quantitative estimate of drug-likeness (QED) is 0.870. The molecule has 2 atom stereocenters. The Balaban J connectivity index is 2.69. The van der Waals surface area contributed by atoms with E-state index in [-0.39, 0.29) is 6.42 Å². The Kier molecular flexibility index (Phi) is 3.88. The van der Waals surface area contributed by atoms with Gasteiger partial charge in [-0.3, -0.25) is 0 Å². The van der Waals surface area contributed by atoms with E-state index in [1.807, 2.05) is 24.3 Å². The van der Waals surface area contributed by atoms with Crippen LogP contribution in [-0.4, -0.2) is 17.4 Å². The molecule has 1 N–H and O–H groups in total. The first-order valence-corrected chi connectivity index (χ1v) is 4.96. The van der Waals surface area contributed by atoms with E-state index in [4.69, 9.17) is 5.11 Å². The number of rotatable bonds is 3. The van der Waals surface area contributed by atoms with Gasteiger partial charge in [-0.25, -0.2) is 4.39 Å². The first-order valence-electron chi connectivity index (χ1n) is 4.17. The average Bonchev–Trinajstić information content (AvgIpc) is 2.08. The van der Waals surface area contributed by atoms with Crippen molar-refractivity contribution in [3.63, 3.8) is 0 Å². The lowest BCUT2D eigenvalue weighted by atomic mass is 10.1. The molecular formula is C10H12BrFO. The third kappa shape index (κ3) is 3.08. The van der Waals surface area contributed by atoms with Crippen LogP contribution in [-0.2, 0) is 6.42 Å². The molecule has 0 saturated heterocycles. The van der Waals surface area contributed by atoms with Crippen molar-refractivity contribution >= 4 is 15.9 Å². The fourth-order valence-corrected chi connectivity index (χ4v) is 1.49. The van der Waals surface area contributed by atoms with Crippen molar-refractivity contribution in [1.82, 2.24) is 0 Å². The zero-order chi connectivity index (χ0) is 9.84. The van der Waals surface area contributed by atoms with Gasteiger partial charge < -0.3 is 5.11 Å². The first kappa shape index (κ1) is 10.7. The lowest BCUT2D eigenvalue weighted by molar-refractivity contribution is 0.0931. The highest BCUT2D eigenvalue weighted by Gasteiger charge is 2.14. The topological polar surface area (TPSA) is 20.2 Å². The van der Waals surface area contributed by atoms with Gasteiger partial charge in [-0.05, 0) is 18.6 Å². The Morgan fingerprint density at radius 3 is 2.62 bits per heavy atom. The van der Waals surface area contributed by atoms with Gasteiger partial charge in [-0.1, -0.05) is 34.1 Å². The van der Waals surface area contributed by atoms with Gasteiger partial charge in [-0.2, -0.15) is 0 Å². The van der Waals surface area contributed by atoms with Gasteiger partial charge in [0.05, 0.1) is 6.10 Å². The number of hydrogen-bond donors (Lipinski definition) is 1. The minimum Gasteiger partial charge on any atom is -0.390 e. The van der Waals surface area contributed by atoms with Crippen LogP contribution in [0.25, 0.3) is 0 Å². The summed E-state index contributed by atoms with van der Waals surface area (Å²) in [4.78, 5) is 0. The van der Waals surface area contributed by atoms with Crippen molar-refractivity contribution in [3.8, 4) is 0 Å². The second-order valence-corrected chi connectivity index (χ2v) is 3.91. The summed E-state index contributed by atoms with van der Waals surface area (Å²) in [5.41, 5.74) is 0.885. The fraction of sp³-hybridized carbons (Fsp3) is 0.400. The summed E-state index contributed by atoms with van der Waals surface area (Å²) in [5, 5.41) is 8.98. The minimum absolute atomic E-state index is 0.249. The van der Waals surface area contributed by atoms with E-state index in [9.17, 15) is 4.39 Å². The minimum atomic E-state index is -1.20. The molecule has 1 aromatic carbocycles. The molecule has 0 aliphatic carbocycles. The molecule has 1 aromatic rings. The van der Waals surface area contributed by atoms with Crippen LogP contribution in [0.5, 0.6) is 0 Å². The number of hydrogen-bond acceptors (Lipinski definition) is 1. The summed E-state index contributed by atoms with van der Waals surface area (Å²) in [7, 11) is 0. The summed E-state index contributed by atoms with van der Waals surface area (Å²) >= 11 is 3.33. The molecule has 0 aromatic heterocycles.